The zero-order valence-electron chi connectivity index (χ0n) is 24.1. The molecule has 10 nitrogen and oxygen atoms in total. The molecule has 3 aromatic heterocycles. The van der Waals surface area contributed by atoms with Crippen LogP contribution in [0, 0.1) is 12.8 Å². The number of hydrogen-bond donors (Lipinski definition) is 1. The van der Waals surface area contributed by atoms with E-state index >= 15 is 0 Å². The summed E-state index contributed by atoms with van der Waals surface area (Å²) in [5.74, 6) is 2.01. The highest BCUT2D eigenvalue weighted by atomic mass is 35.5. The fourth-order valence-corrected chi connectivity index (χ4v) is 6.41. The predicted octanol–water partition coefficient (Wildman–Crippen LogP) is 5.93. The SMILES string of the molecule is Cc1nc2c(n1C)CCN(c1ncc(Oc3cc(CN4CCC(CC(=O)O)CC4)cc(-c4cc(Cl)cc(Cl)c4)n3)cn1)C2. The molecule has 0 saturated carbocycles. The Labute approximate surface area is 260 Å². The Bertz CT molecular complexity index is 1620. The van der Waals surface area contributed by atoms with Crippen LogP contribution in [-0.4, -0.2) is 60.1 Å². The summed E-state index contributed by atoms with van der Waals surface area (Å²) in [4.78, 5) is 34.2. The van der Waals surface area contributed by atoms with E-state index in [1.807, 2.05) is 31.2 Å². The summed E-state index contributed by atoms with van der Waals surface area (Å²) in [5.41, 5.74) is 4.81. The molecule has 0 spiro atoms. The molecule has 0 bridgehead atoms. The number of halogens is 2. The Hall–Kier alpha value is -3.73. The first-order valence-electron chi connectivity index (χ1n) is 14.4. The van der Waals surface area contributed by atoms with Crippen molar-refractivity contribution in [2.24, 2.45) is 13.0 Å². The second kappa shape index (κ2) is 12.5. The maximum absolute atomic E-state index is 11.1. The lowest BCUT2D eigenvalue weighted by molar-refractivity contribution is -0.138. The highest BCUT2D eigenvalue weighted by molar-refractivity contribution is 6.35. The number of aromatic nitrogens is 5. The van der Waals surface area contributed by atoms with Crippen LogP contribution < -0.4 is 9.64 Å². The predicted molar refractivity (Wildman–Crippen MR) is 165 cm³/mol. The maximum atomic E-state index is 11.1. The molecule has 224 valence electrons. The van der Waals surface area contributed by atoms with Gasteiger partial charge < -0.3 is 19.3 Å². The van der Waals surface area contributed by atoms with Crippen molar-refractivity contribution in [3.63, 3.8) is 0 Å². The molecular formula is C31H33Cl2N7O3. The summed E-state index contributed by atoms with van der Waals surface area (Å²) in [7, 11) is 2.05. The molecule has 43 heavy (non-hydrogen) atoms. The van der Waals surface area contributed by atoms with E-state index in [0.29, 0.717) is 46.4 Å². The molecule has 2 aliphatic rings. The van der Waals surface area contributed by atoms with Crippen LogP contribution in [0.2, 0.25) is 10.0 Å². The molecule has 0 amide bonds. The van der Waals surface area contributed by atoms with E-state index < -0.39 is 5.97 Å². The number of nitrogens with zero attached hydrogens (tertiary/aromatic N) is 7. The molecule has 1 aromatic carbocycles. The van der Waals surface area contributed by atoms with Gasteiger partial charge in [-0.2, -0.15) is 0 Å². The molecule has 0 unspecified atom stereocenters. The van der Waals surface area contributed by atoms with Crippen LogP contribution >= 0.6 is 23.2 Å². The number of aliphatic carboxylic acids is 1. The smallest absolute Gasteiger partial charge is 0.303 e. The minimum atomic E-state index is -0.732. The van der Waals surface area contributed by atoms with Gasteiger partial charge in [0.25, 0.3) is 0 Å². The van der Waals surface area contributed by atoms with E-state index in [1.54, 1.807) is 18.5 Å². The topological polar surface area (TPSA) is 110 Å². The minimum absolute atomic E-state index is 0.220. The van der Waals surface area contributed by atoms with Crippen LogP contribution in [0.25, 0.3) is 11.3 Å². The number of aryl methyl sites for hydroxylation is 1. The average Bonchev–Trinajstić information content (AvgIpc) is 3.26. The van der Waals surface area contributed by atoms with Gasteiger partial charge in [0.05, 0.1) is 30.3 Å². The zero-order chi connectivity index (χ0) is 30.1. The Morgan fingerprint density at radius 2 is 1.74 bits per heavy atom. The normalized spacial score (nSPS) is 15.9. The number of fused-ring (bicyclic) bond motifs is 1. The van der Waals surface area contributed by atoms with Crippen molar-refractivity contribution in [1.82, 2.24) is 29.4 Å². The van der Waals surface area contributed by atoms with Gasteiger partial charge in [-0.05, 0) is 68.6 Å². The van der Waals surface area contributed by atoms with Gasteiger partial charge in [-0.15, -0.1) is 0 Å². The molecule has 5 heterocycles. The number of carbonyl (C=O) groups is 1. The number of rotatable bonds is 8. The van der Waals surface area contributed by atoms with Crippen molar-refractivity contribution in [2.75, 3.05) is 24.5 Å². The average molecular weight is 623 g/mol. The third-order valence-corrected chi connectivity index (χ3v) is 8.63. The Balaban J connectivity index is 1.20. The Morgan fingerprint density at radius 1 is 1.02 bits per heavy atom. The molecule has 1 fully saturated rings. The van der Waals surface area contributed by atoms with E-state index in [-0.39, 0.29) is 12.3 Å². The first-order chi connectivity index (χ1) is 20.7. The van der Waals surface area contributed by atoms with Crippen LogP contribution in [0.1, 0.15) is 42.0 Å². The Morgan fingerprint density at radius 3 is 2.44 bits per heavy atom. The van der Waals surface area contributed by atoms with Gasteiger partial charge in [0.1, 0.15) is 5.82 Å². The van der Waals surface area contributed by atoms with E-state index in [9.17, 15) is 4.79 Å². The number of carboxylic acids is 1. The maximum Gasteiger partial charge on any atom is 0.303 e. The Kier molecular flexibility index (Phi) is 8.52. The van der Waals surface area contributed by atoms with Gasteiger partial charge in [0.15, 0.2) is 5.75 Å². The summed E-state index contributed by atoms with van der Waals surface area (Å²) >= 11 is 12.6. The van der Waals surface area contributed by atoms with Crippen LogP contribution in [-0.2, 0) is 31.4 Å². The van der Waals surface area contributed by atoms with Crippen LogP contribution in [0.3, 0.4) is 0 Å². The fourth-order valence-electron chi connectivity index (χ4n) is 5.89. The molecule has 1 saturated heterocycles. The largest absolute Gasteiger partial charge is 0.481 e. The van der Waals surface area contributed by atoms with E-state index in [4.69, 9.17) is 43.0 Å². The highest BCUT2D eigenvalue weighted by Crippen LogP contribution is 2.31. The molecule has 0 atom stereocenters. The number of likely N-dealkylation sites (tertiary alicyclic amines) is 1. The van der Waals surface area contributed by atoms with E-state index in [0.717, 1.165) is 61.5 Å². The number of hydrogen-bond acceptors (Lipinski definition) is 8. The van der Waals surface area contributed by atoms with Crippen molar-refractivity contribution in [3.05, 3.63) is 75.5 Å². The van der Waals surface area contributed by atoms with Gasteiger partial charge in [-0.3, -0.25) is 9.69 Å². The summed E-state index contributed by atoms with van der Waals surface area (Å²) < 4.78 is 8.34. The third kappa shape index (κ3) is 6.92. The van der Waals surface area contributed by atoms with Gasteiger partial charge in [0.2, 0.25) is 11.8 Å². The molecular weight excluding hydrogens is 589 g/mol. The van der Waals surface area contributed by atoms with E-state index in [1.165, 1.54) is 5.69 Å². The van der Waals surface area contributed by atoms with Crippen molar-refractivity contribution in [2.45, 2.75) is 45.7 Å². The monoisotopic (exact) mass is 621 g/mol. The molecule has 12 heteroatoms. The summed E-state index contributed by atoms with van der Waals surface area (Å²) in [6, 6.07) is 9.27. The molecule has 2 aliphatic heterocycles. The van der Waals surface area contributed by atoms with Gasteiger partial charge in [-0.25, -0.2) is 19.9 Å². The first kappa shape index (κ1) is 29.3. The molecule has 0 aliphatic carbocycles. The number of pyridine rings is 1. The van der Waals surface area contributed by atoms with Crippen LogP contribution in [0.15, 0.2) is 42.7 Å². The lowest BCUT2D eigenvalue weighted by Gasteiger charge is -2.31. The number of piperidine rings is 1. The lowest BCUT2D eigenvalue weighted by Crippen LogP contribution is -2.33. The number of imidazole rings is 1. The molecule has 6 rings (SSSR count). The number of anilines is 1. The first-order valence-corrected chi connectivity index (χ1v) is 15.1. The van der Waals surface area contributed by atoms with Crippen LogP contribution in [0.4, 0.5) is 5.95 Å². The quantitative estimate of drug-likeness (QED) is 0.256. The molecule has 1 N–H and O–H groups in total. The fraction of sp³-hybridized carbons (Fsp3) is 0.387. The number of ether oxygens (including phenoxy) is 1. The highest BCUT2D eigenvalue weighted by Gasteiger charge is 2.24. The van der Waals surface area contributed by atoms with Crippen molar-refractivity contribution in [3.8, 4) is 22.9 Å². The standard InChI is InChI=1S/C31H33Cl2N7O3/c1-19-36-27-18-40(8-5-28(27)38(19)2)31-34-15-25(16-35-31)43-29-10-21(17-39-6-3-20(4-7-39)11-30(41)42)9-26(37-29)22-12-23(32)14-24(33)13-22/h9-10,12-16,20H,3-8,11,17-18H2,1-2H3,(H,41,42). The van der Waals surface area contributed by atoms with Crippen molar-refractivity contribution < 1.29 is 14.6 Å². The molecule has 4 aromatic rings. The lowest BCUT2D eigenvalue weighted by atomic mass is 9.93. The zero-order valence-corrected chi connectivity index (χ0v) is 25.6. The number of benzene rings is 1. The van der Waals surface area contributed by atoms with E-state index in [2.05, 4.69) is 31.4 Å². The summed E-state index contributed by atoms with van der Waals surface area (Å²) in [5, 5.41) is 10.2. The van der Waals surface area contributed by atoms with Crippen LogP contribution in [0.5, 0.6) is 11.6 Å². The second-order valence-corrected chi connectivity index (χ2v) is 12.2. The minimum Gasteiger partial charge on any atom is -0.481 e. The van der Waals surface area contributed by atoms with Gasteiger partial charge >= 0.3 is 5.97 Å². The van der Waals surface area contributed by atoms with Gasteiger partial charge in [-0.1, -0.05) is 23.2 Å². The van der Waals surface area contributed by atoms with Crippen molar-refractivity contribution >= 4 is 35.1 Å². The third-order valence-electron chi connectivity index (χ3n) is 8.20. The summed E-state index contributed by atoms with van der Waals surface area (Å²) in [6.07, 6.45) is 6.17. The summed E-state index contributed by atoms with van der Waals surface area (Å²) in [6.45, 7) is 5.85. The second-order valence-electron chi connectivity index (χ2n) is 11.3. The molecule has 0 radical (unpaired) electrons. The van der Waals surface area contributed by atoms with Crippen molar-refractivity contribution in [1.29, 1.82) is 0 Å². The van der Waals surface area contributed by atoms with Gasteiger partial charge in [0, 0.05) is 60.3 Å². The number of carboxylic acid groups (broad SMARTS) is 1.